The van der Waals surface area contributed by atoms with Gasteiger partial charge in [0.1, 0.15) is 17.3 Å². The quantitative estimate of drug-likeness (QED) is 0.547. The van der Waals surface area contributed by atoms with Crippen molar-refractivity contribution >= 4 is 31.7 Å². The summed E-state index contributed by atoms with van der Waals surface area (Å²) in [7, 11) is -3.80. The number of alkyl halides is 1. The normalized spacial score (nSPS) is 19.5. The van der Waals surface area contributed by atoms with E-state index in [0.29, 0.717) is 11.3 Å². The average Bonchev–Trinajstić information content (AvgIpc) is 2.52. The number of carbonyl (C=O) groups is 1. The van der Waals surface area contributed by atoms with E-state index in [9.17, 15) is 13.2 Å². The number of Topliss-reactive ketones (excluding diaryl/α,β-unsaturated/α-hetero) is 1. The fourth-order valence-electron chi connectivity index (χ4n) is 2.09. The molecule has 0 aliphatic carbocycles. The molecule has 4 rings (SSSR count). The van der Waals surface area contributed by atoms with Gasteiger partial charge >= 0.3 is 0 Å². The molecule has 2 aromatic rings. The third kappa shape index (κ3) is 3.80. The number of sulfonamides is 1. The first kappa shape index (κ1) is 17.7. The van der Waals surface area contributed by atoms with Crippen molar-refractivity contribution in [1.82, 2.24) is 4.72 Å². The number of ketones is 1. The lowest BCUT2D eigenvalue weighted by Gasteiger charge is -2.12. The van der Waals surface area contributed by atoms with Crippen molar-refractivity contribution in [3.05, 3.63) is 59.7 Å². The van der Waals surface area contributed by atoms with Crippen molar-refractivity contribution in [2.24, 2.45) is 0 Å². The Morgan fingerprint density at radius 2 is 1.83 bits per heavy atom. The summed E-state index contributed by atoms with van der Waals surface area (Å²) in [5.74, 6) is 0.244. The maximum atomic E-state index is 12.3. The summed E-state index contributed by atoms with van der Waals surface area (Å²) in [6, 6.07) is 13.0. The van der Waals surface area contributed by atoms with Crippen LogP contribution in [0.2, 0.25) is 0 Å². The maximum absolute atomic E-state index is 12.3. The number of hydrogen-bond acceptors (Lipinski definition) is 4. The molecule has 23 heavy (non-hydrogen) atoms. The van der Waals surface area contributed by atoms with E-state index < -0.39 is 15.0 Å². The molecule has 2 heterocycles. The molecule has 0 amide bonds. The van der Waals surface area contributed by atoms with Crippen molar-refractivity contribution in [2.75, 3.05) is 0 Å². The number of halogens is 1. The minimum atomic E-state index is -3.80. The Morgan fingerprint density at radius 3 is 2.52 bits per heavy atom. The monoisotopic (exact) mass is 397 g/mol. The lowest BCUT2D eigenvalue weighted by molar-refractivity contribution is 0.0987. The van der Waals surface area contributed by atoms with E-state index >= 15 is 0 Å². The van der Waals surface area contributed by atoms with Gasteiger partial charge in [0.05, 0.1) is 4.90 Å². The van der Waals surface area contributed by atoms with Crippen molar-refractivity contribution in [1.29, 1.82) is 0 Å². The maximum Gasteiger partial charge on any atom is 0.241 e. The Balaban J connectivity index is 0.00000192. The Hall–Kier alpha value is -1.70. The van der Waals surface area contributed by atoms with Crippen molar-refractivity contribution in [3.63, 3.8) is 0 Å². The van der Waals surface area contributed by atoms with E-state index in [-0.39, 0.29) is 24.7 Å². The van der Waals surface area contributed by atoms with Gasteiger partial charge in [0, 0.05) is 5.56 Å². The van der Waals surface area contributed by atoms with E-state index in [1.807, 2.05) is 0 Å². The van der Waals surface area contributed by atoms with Crippen LogP contribution in [0.25, 0.3) is 0 Å². The molecule has 0 saturated heterocycles. The van der Waals surface area contributed by atoms with Crippen LogP contribution in [0.5, 0.6) is 5.75 Å². The average molecular weight is 398 g/mol. The first-order valence-corrected chi connectivity index (χ1v) is 8.88. The summed E-state index contributed by atoms with van der Waals surface area (Å²) in [6.07, 6.45) is 0. The minimum absolute atomic E-state index is 0. The number of carbonyl (C=O) groups excluding carboxylic acids is 1. The van der Waals surface area contributed by atoms with Crippen LogP contribution in [0, 0.1) is 0 Å². The Bertz CT molecular complexity index is 818. The lowest BCUT2D eigenvalue weighted by atomic mass is 10.1. The zero-order chi connectivity index (χ0) is 15.7. The Kier molecular flexibility index (Phi) is 5.23. The molecule has 2 aliphatic rings. The zero-order valence-electron chi connectivity index (χ0n) is 11.3. The van der Waals surface area contributed by atoms with Crippen molar-refractivity contribution in [2.45, 2.75) is 23.9 Å². The van der Waals surface area contributed by atoms with E-state index in [2.05, 4.69) is 20.7 Å². The van der Waals surface area contributed by atoms with Crippen LogP contribution in [-0.2, 0) is 16.6 Å². The second-order valence-electron chi connectivity index (χ2n) is 4.81. The van der Waals surface area contributed by atoms with Gasteiger partial charge in [0.25, 0.3) is 0 Å². The largest absolute Gasteiger partial charge is 0.489 e. The van der Waals surface area contributed by atoms with Gasteiger partial charge in [0.2, 0.25) is 10.0 Å². The zero-order valence-corrected chi connectivity index (χ0v) is 13.7. The molecule has 2 aromatic carbocycles. The van der Waals surface area contributed by atoms with Gasteiger partial charge in [0.15, 0.2) is 5.78 Å². The Morgan fingerprint density at radius 1 is 1.13 bits per heavy atom. The highest BCUT2D eigenvalue weighted by Gasteiger charge is 2.25. The number of hydrogen-bond donors (Lipinski definition) is 1. The number of benzene rings is 2. The molecule has 2 aliphatic heterocycles. The number of ether oxygens (including phenoxy) is 1. The molecule has 1 atom stereocenters. The summed E-state index contributed by atoms with van der Waals surface area (Å²) >= 11 is 3.09. The number of nitrogens with one attached hydrogen (secondary N) is 1. The highest BCUT2D eigenvalue weighted by atomic mass is 79.9. The van der Waals surface area contributed by atoms with Crippen LogP contribution in [0.4, 0.5) is 0 Å². The van der Waals surface area contributed by atoms with E-state index in [1.165, 1.54) is 12.1 Å². The molecule has 0 radical (unpaired) electrons. The molecular weight excluding hydrogens is 382 g/mol. The van der Waals surface area contributed by atoms with Crippen LogP contribution in [-0.4, -0.2) is 19.2 Å². The predicted molar refractivity (Wildman–Crippen MR) is 91.3 cm³/mol. The van der Waals surface area contributed by atoms with Gasteiger partial charge in [-0.3, -0.25) is 4.79 Å². The Labute approximate surface area is 143 Å². The summed E-state index contributed by atoms with van der Waals surface area (Å²) in [6.45, 7) is 0.244. The molecule has 0 aromatic heterocycles. The van der Waals surface area contributed by atoms with E-state index in [1.54, 1.807) is 36.4 Å². The molecule has 5 nitrogen and oxygen atoms in total. The summed E-state index contributed by atoms with van der Waals surface area (Å²) in [5.41, 5.74) is 1.12. The highest BCUT2D eigenvalue weighted by Crippen LogP contribution is 2.20. The van der Waals surface area contributed by atoms with Gasteiger partial charge in [-0.2, -0.15) is 4.72 Å². The third-order valence-electron chi connectivity index (χ3n) is 3.24. The first-order valence-electron chi connectivity index (χ1n) is 6.48. The number of rotatable bonds is 0. The third-order valence-corrected chi connectivity index (χ3v) is 5.61. The summed E-state index contributed by atoms with van der Waals surface area (Å²) < 4.78 is 32.6. The van der Waals surface area contributed by atoms with Gasteiger partial charge in [-0.1, -0.05) is 35.5 Å². The highest BCUT2D eigenvalue weighted by molar-refractivity contribution is 9.10. The van der Waals surface area contributed by atoms with Gasteiger partial charge in [-0.15, -0.1) is 0 Å². The lowest BCUT2D eigenvalue weighted by Crippen LogP contribution is -2.36. The van der Waals surface area contributed by atoms with Crippen LogP contribution in [0.1, 0.15) is 23.3 Å². The molecule has 7 heteroatoms. The smallest absolute Gasteiger partial charge is 0.241 e. The fourth-order valence-corrected chi connectivity index (χ4v) is 4.17. The van der Waals surface area contributed by atoms with Crippen LogP contribution < -0.4 is 9.46 Å². The summed E-state index contributed by atoms with van der Waals surface area (Å²) in [5, 5.41) is 0. The topological polar surface area (TPSA) is 72.5 Å². The summed E-state index contributed by atoms with van der Waals surface area (Å²) in [4.78, 5) is 11.3. The van der Waals surface area contributed by atoms with Crippen LogP contribution >= 0.6 is 15.9 Å². The van der Waals surface area contributed by atoms with Crippen LogP contribution in [0.15, 0.2) is 53.4 Å². The molecule has 4 bridgehead atoms. The molecule has 1 N–H and O–H groups in total. The molecule has 1 unspecified atom stereocenters. The van der Waals surface area contributed by atoms with E-state index in [0.717, 1.165) is 5.56 Å². The SMILES string of the molecule is C.O=C1c2ccc(cc2)OCc2cccc(c2)S(=O)(=O)NC1Br. The molecule has 0 spiro atoms. The first-order chi connectivity index (χ1) is 10.5. The second kappa shape index (κ2) is 6.82. The van der Waals surface area contributed by atoms with Gasteiger partial charge in [-0.25, -0.2) is 8.42 Å². The standard InChI is InChI=1S/C15H12BrNO4S.CH4/c16-15-14(18)11-4-6-12(7-5-11)21-9-10-2-1-3-13(8-10)22(19,20)17-15;/h1-8,15,17H,9H2;1H4. The van der Waals surface area contributed by atoms with E-state index in [4.69, 9.17) is 4.74 Å². The molecule has 0 fully saturated rings. The fraction of sp³-hybridized carbons (Fsp3) is 0.188. The molecule has 0 saturated carbocycles. The predicted octanol–water partition coefficient (Wildman–Crippen LogP) is 3.10. The van der Waals surface area contributed by atoms with Crippen LogP contribution in [0.3, 0.4) is 0 Å². The second-order valence-corrected chi connectivity index (χ2v) is 7.44. The minimum Gasteiger partial charge on any atom is -0.489 e. The molecular formula is C16H16BrNO4S. The molecule has 122 valence electrons. The van der Waals surface area contributed by atoms with Crippen molar-refractivity contribution in [3.8, 4) is 5.75 Å². The van der Waals surface area contributed by atoms with Gasteiger partial charge in [-0.05, 0) is 42.0 Å². The van der Waals surface area contributed by atoms with Gasteiger partial charge < -0.3 is 4.74 Å². The van der Waals surface area contributed by atoms with Crippen molar-refractivity contribution < 1.29 is 17.9 Å². The number of fused-ring (bicyclic) bond motifs is 6.